The second-order valence-electron chi connectivity index (χ2n) is 3.79. The number of hydrogen-bond donors (Lipinski definition) is 1. The maximum atomic E-state index is 6.00. The molecule has 0 aliphatic carbocycles. The van der Waals surface area contributed by atoms with E-state index in [9.17, 15) is 0 Å². The molecule has 2 heterocycles. The predicted octanol–water partition coefficient (Wildman–Crippen LogP) is 2.25. The molecular weight excluding hydrogens is 208 g/mol. The van der Waals surface area contributed by atoms with E-state index in [2.05, 4.69) is 23.9 Å². The van der Waals surface area contributed by atoms with Crippen molar-refractivity contribution in [3.05, 3.63) is 17.3 Å². The lowest BCUT2D eigenvalue weighted by molar-refractivity contribution is 0.780. The zero-order valence-corrected chi connectivity index (χ0v) is 9.88. The summed E-state index contributed by atoms with van der Waals surface area (Å²) < 4.78 is 1.73. The van der Waals surface area contributed by atoms with Crippen molar-refractivity contribution in [1.29, 1.82) is 0 Å². The van der Waals surface area contributed by atoms with Crippen molar-refractivity contribution in [2.75, 3.05) is 5.73 Å². The van der Waals surface area contributed by atoms with Crippen LogP contribution < -0.4 is 5.73 Å². The third-order valence-corrected chi connectivity index (χ3v) is 3.15. The van der Waals surface area contributed by atoms with Crippen LogP contribution in [0.1, 0.15) is 25.3 Å². The van der Waals surface area contributed by atoms with E-state index >= 15 is 0 Å². The Morgan fingerprint density at radius 1 is 1.47 bits per heavy atom. The Balaban J connectivity index is 2.61. The highest BCUT2D eigenvalue weighted by Gasteiger charge is 2.18. The standard InChI is InChI=1S/C10H14N4S/c1-6(2)8-9(7-4-12-5-15-7)13-14(3)10(8)11/h4-6H,11H2,1-3H3. The van der Waals surface area contributed by atoms with Crippen molar-refractivity contribution in [2.45, 2.75) is 19.8 Å². The van der Waals surface area contributed by atoms with Crippen molar-refractivity contribution in [1.82, 2.24) is 14.8 Å². The van der Waals surface area contributed by atoms with Crippen LogP contribution in [0.5, 0.6) is 0 Å². The first-order valence-electron chi connectivity index (χ1n) is 4.82. The van der Waals surface area contributed by atoms with Gasteiger partial charge in [-0.3, -0.25) is 9.67 Å². The smallest absolute Gasteiger partial charge is 0.125 e. The molecular formula is C10H14N4S. The summed E-state index contributed by atoms with van der Waals surface area (Å²) in [5, 5.41) is 4.44. The monoisotopic (exact) mass is 222 g/mol. The summed E-state index contributed by atoms with van der Waals surface area (Å²) >= 11 is 1.59. The van der Waals surface area contributed by atoms with Crippen LogP contribution in [0.4, 0.5) is 5.82 Å². The van der Waals surface area contributed by atoms with Crippen molar-refractivity contribution in [2.24, 2.45) is 7.05 Å². The highest BCUT2D eigenvalue weighted by Crippen LogP contribution is 2.34. The maximum Gasteiger partial charge on any atom is 0.125 e. The maximum absolute atomic E-state index is 6.00. The van der Waals surface area contributed by atoms with E-state index < -0.39 is 0 Å². The molecule has 0 spiro atoms. The van der Waals surface area contributed by atoms with E-state index in [-0.39, 0.29) is 0 Å². The largest absolute Gasteiger partial charge is 0.384 e. The lowest BCUT2D eigenvalue weighted by atomic mass is 10.0. The molecule has 2 aromatic heterocycles. The fourth-order valence-corrected chi connectivity index (χ4v) is 2.26. The molecule has 2 N–H and O–H groups in total. The Morgan fingerprint density at radius 3 is 2.73 bits per heavy atom. The van der Waals surface area contributed by atoms with Gasteiger partial charge in [-0.25, -0.2) is 0 Å². The molecule has 2 rings (SSSR count). The summed E-state index contributed by atoms with van der Waals surface area (Å²) in [4.78, 5) is 5.14. The molecule has 0 unspecified atom stereocenters. The van der Waals surface area contributed by atoms with Gasteiger partial charge in [-0.05, 0) is 5.92 Å². The lowest BCUT2D eigenvalue weighted by Crippen LogP contribution is -2.00. The van der Waals surface area contributed by atoms with Crippen LogP contribution in [-0.4, -0.2) is 14.8 Å². The normalized spacial score (nSPS) is 11.2. The zero-order chi connectivity index (χ0) is 11.0. The third kappa shape index (κ3) is 1.63. The Kier molecular flexibility index (Phi) is 2.48. The molecule has 2 aromatic rings. The minimum absolute atomic E-state index is 0.371. The molecule has 0 fully saturated rings. The van der Waals surface area contributed by atoms with Gasteiger partial charge in [0, 0.05) is 18.8 Å². The fraction of sp³-hybridized carbons (Fsp3) is 0.400. The minimum Gasteiger partial charge on any atom is -0.384 e. The first kappa shape index (κ1) is 10.2. The fourth-order valence-electron chi connectivity index (χ4n) is 1.64. The summed E-state index contributed by atoms with van der Waals surface area (Å²) in [6.07, 6.45) is 1.83. The van der Waals surface area contributed by atoms with Crippen LogP contribution in [0.2, 0.25) is 0 Å². The summed E-state index contributed by atoms with van der Waals surface area (Å²) in [6, 6.07) is 0. The minimum atomic E-state index is 0.371. The van der Waals surface area contributed by atoms with Crippen molar-refractivity contribution >= 4 is 17.2 Å². The average Bonchev–Trinajstić information content (AvgIpc) is 2.75. The Bertz CT molecular complexity index is 456. The molecule has 0 aliphatic rings. The SMILES string of the molecule is CC(C)c1c(-c2cncs2)nn(C)c1N. The van der Waals surface area contributed by atoms with Crippen LogP contribution in [-0.2, 0) is 7.05 Å². The first-order valence-corrected chi connectivity index (χ1v) is 5.70. The molecule has 0 saturated heterocycles. The number of rotatable bonds is 2. The highest BCUT2D eigenvalue weighted by atomic mass is 32.1. The van der Waals surface area contributed by atoms with E-state index in [1.54, 1.807) is 16.0 Å². The topological polar surface area (TPSA) is 56.7 Å². The molecule has 0 aliphatic heterocycles. The molecule has 0 bridgehead atoms. The lowest BCUT2D eigenvalue weighted by Gasteiger charge is -2.05. The Labute approximate surface area is 92.8 Å². The van der Waals surface area contributed by atoms with E-state index in [0.29, 0.717) is 5.92 Å². The van der Waals surface area contributed by atoms with Crippen molar-refractivity contribution in [3.8, 4) is 10.6 Å². The van der Waals surface area contributed by atoms with Gasteiger partial charge in [0.2, 0.25) is 0 Å². The molecule has 0 atom stereocenters. The number of nitrogen functional groups attached to an aromatic ring is 1. The molecule has 0 saturated carbocycles. The summed E-state index contributed by atoms with van der Waals surface area (Å²) in [5.41, 5.74) is 9.88. The summed E-state index contributed by atoms with van der Waals surface area (Å²) in [5.74, 6) is 1.12. The molecule has 0 aromatic carbocycles. The summed E-state index contributed by atoms with van der Waals surface area (Å²) in [7, 11) is 1.87. The van der Waals surface area contributed by atoms with Gasteiger partial charge in [0.25, 0.3) is 0 Å². The van der Waals surface area contributed by atoms with Gasteiger partial charge >= 0.3 is 0 Å². The molecule has 0 radical (unpaired) electrons. The van der Waals surface area contributed by atoms with Crippen LogP contribution in [0, 0.1) is 0 Å². The van der Waals surface area contributed by atoms with E-state index in [0.717, 1.165) is 22.0 Å². The number of anilines is 1. The van der Waals surface area contributed by atoms with Gasteiger partial charge in [-0.2, -0.15) is 5.10 Å². The van der Waals surface area contributed by atoms with Crippen LogP contribution in [0.3, 0.4) is 0 Å². The van der Waals surface area contributed by atoms with Crippen molar-refractivity contribution in [3.63, 3.8) is 0 Å². The molecule has 0 amide bonds. The molecule has 5 heteroatoms. The third-order valence-electron chi connectivity index (χ3n) is 2.37. The van der Waals surface area contributed by atoms with Crippen LogP contribution in [0.25, 0.3) is 10.6 Å². The number of nitrogens with two attached hydrogens (primary N) is 1. The average molecular weight is 222 g/mol. The zero-order valence-electron chi connectivity index (χ0n) is 9.06. The second-order valence-corrected chi connectivity index (χ2v) is 4.68. The summed E-state index contributed by atoms with van der Waals surface area (Å²) in [6.45, 7) is 4.25. The Morgan fingerprint density at radius 2 is 2.20 bits per heavy atom. The molecule has 4 nitrogen and oxygen atoms in total. The van der Waals surface area contributed by atoms with Crippen molar-refractivity contribution < 1.29 is 0 Å². The van der Waals surface area contributed by atoms with Gasteiger partial charge in [0.1, 0.15) is 11.5 Å². The highest BCUT2D eigenvalue weighted by molar-refractivity contribution is 7.13. The molecule has 80 valence electrons. The second kappa shape index (κ2) is 3.66. The van der Waals surface area contributed by atoms with Gasteiger partial charge in [-0.15, -0.1) is 11.3 Å². The quantitative estimate of drug-likeness (QED) is 0.847. The van der Waals surface area contributed by atoms with Gasteiger partial charge < -0.3 is 5.73 Å². The number of aromatic nitrogens is 3. The molecule has 15 heavy (non-hydrogen) atoms. The van der Waals surface area contributed by atoms with E-state index in [4.69, 9.17) is 5.73 Å². The van der Waals surface area contributed by atoms with Crippen LogP contribution in [0.15, 0.2) is 11.7 Å². The van der Waals surface area contributed by atoms with Gasteiger partial charge in [-0.1, -0.05) is 13.8 Å². The van der Waals surface area contributed by atoms with E-state index in [1.165, 1.54) is 0 Å². The number of aryl methyl sites for hydroxylation is 1. The first-order chi connectivity index (χ1) is 7.11. The number of thiazole rings is 1. The van der Waals surface area contributed by atoms with Gasteiger partial charge in [0.05, 0.1) is 10.4 Å². The van der Waals surface area contributed by atoms with Gasteiger partial charge in [0.15, 0.2) is 0 Å². The number of hydrogen-bond acceptors (Lipinski definition) is 4. The van der Waals surface area contributed by atoms with Crippen LogP contribution >= 0.6 is 11.3 Å². The number of nitrogens with zero attached hydrogens (tertiary/aromatic N) is 3. The Hall–Kier alpha value is -1.36. The predicted molar refractivity (Wildman–Crippen MR) is 62.8 cm³/mol. The van der Waals surface area contributed by atoms with E-state index in [1.807, 2.05) is 18.8 Å².